The van der Waals surface area contributed by atoms with Crippen molar-refractivity contribution in [2.75, 3.05) is 19.6 Å². The summed E-state index contributed by atoms with van der Waals surface area (Å²) in [4.78, 5) is 4.31. The van der Waals surface area contributed by atoms with Gasteiger partial charge in [-0.25, -0.2) is 0 Å². The molecule has 0 aliphatic heterocycles. The zero-order valence-corrected chi connectivity index (χ0v) is 14.0. The number of nitrogens with zero attached hydrogens (tertiary/aromatic N) is 2. The third-order valence-corrected chi connectivity index (χ3v) is 3.76. The molecular formula is C18H16ClN3O2. The van der Waals surface area contributed by atoms with Gasteiger partial charge in [0.1, 0.15) is 0 Å². The fraction of sp³-hybridized carbons (Fsp3) is 0.111. The van der Waals surface area contributed by atoms with Gasteiger partial charge in [0.15, 0.2) is 11.5 Å². The topological polar surface area (TPSA) is 55.7 Å². The number of rotatable bonds is 5. The lowest BCUT2D eigenvalue weighted by Gasteiger charge is -2.09. The number of hydrazone groups is 1. The second kappa shape index (κ2) is 7.19. The predicted octanol–water partition coefficient (Wildman–Crippen LogP) is 4.35. The molecule has 0 bridgehead atoms. The van der Waals surface area contributed by atoms with Gasteiger partial charge in [-0.3, -0.25) is 10.4 Å². The highest BCUT2D eigenvalue weighted by molar-refractivity contribution is 6.31. The maximum atomic E-state index is 6.00. The number of pyridine rings is 1. The molecule has 122 valence electrons. The zero-order valence-electron chi connectivity index (χ0n) is 13.3. The van der Waals surface area contributed by atoms with Crippen molar-refractivity contribution in [2.45, 2.75) is 0 Å². The first-order chi connectivity index (χ1) is 11.7. The molecule has 3 aromatic rings. The van der Waals surface area contributed by atoms with Crippen LogP contribution in [0.15, 0.2) is 53.8 Å². The molecular weight excluding hydrogens is 326 g/mol. The fourth-order valence-electron chi connectivity index (χ4n) is 2.40. The van der Waals surface area contributed by atoms with Crippen molar-refractivity contribution < 1.29 is 9.47 Å². The Bertz CT molecular complexity index is 897. The number of halogens is 1. The molecule has 0 unspecified atom stereocenters. The molecule has 0 saturated heterocycles. The van der Waals surface area contributed by atoms with E-state index in [0.29, 0.717) is 16.5 Å². The standard InChI is InChI=1S/C18H16ClN3O2/c1-23-17-5-3-4-12(18(17)24-2)11-21-22-15-8-9-20-16-10-13(19)6-7-14(15)16/h3-11H,1-2H3,(H,20,22)/b21-11-. The van der Waals surface area contributed by atoms with Crippen LogP contribution in [0.5, 0.6) is 11.5 Å². The summed E-state index contributed by atoms with van der Waals surface area (Å²) < 4.78 is 10.7. The maximum absolute atomic E-state index is 6.00. The van der Waals surface area contributed by atoms with E-state index in [1.165, 1.54) is 0 Å². The van der Waals surface area contributed by atoms with Crippen LogP contribution >= 0.6 is 11.6 Å². The Balaban J connectivity index is 1.88. The van der Waals surface area contributed by atoms with Gasteiger partial charge in [0.2, 0.25) is 0 Å². The summed E-state index contributed by atoms with van der Waals surface area (Å²) in [6.07, 6.45) is 3.40. The van der Waals surface area contributed by atoms with Gasteiger partial charge in [0, 0.05) is 22.2 Å². The van der Waals surface area contributed by atoms with Crippen molar-refractivity contribution in [1.29, 1.82) is 0 Å². The van der Waals surface area contributed by atoms with Crippen molar-refractivity contribution in [1.82, 2.24) is 4.98 Å². The minimum Gasteiger partial charge on any atom is -0.493 e. The van der Waals surface area contributed by atoms with E-state index in [1.807, 2.05) is 42.5 Å². The number of fused-ring (bicyclic) bond motifs is 1. The Morgan fingerprint density at radius 1 is 1.12 bits per heavy atom. The van der Waals surface area contributed by atoms with E-state index >= 15 is 0 Å². The van der Waals surface area contributed by atoms with Gasteiger partial charge in [-0.05, 0) is 36.4 Å². The monoisotopic (exact) mass is 341 g/mol. The molecule has 1 aromatic heterocycles. The first kappa shape index (κ1) is 16.1. The quantitative estimate of drug-likeness (QED) is 0.553. The summed E-state index contributed by atoms with van der Waals surface area (Å²) in [5.41, 5.74) is 5.49. The van der Waals surface area contributed by atoms with E-state index in [0.717, 1.165) is 22.2 Å². The molecule has 6 heteroatoms. The molecule has 0 amide bonds. The van der Waals surface area contributed by atoms with Crippen molar-refractivity contribution in [2.24, 2.45) is 5.10 Å². The molecule has 2 aromatic carbocycles. The van der Waals surface area contributed by atoms with Crippen molar-refractivity contribution >= 4 is 34.4 Å². The van der Waals surface area contributed by atoms with E-state index < -0.39 is 0 Å². The van der Waals surface area contributed by atoms with Crippen LogP contribution in [-0.4, -0.2) is 25.4 Å². The predicted molar refractivity (Wildman–Crippen MR) is 97.5 cm³/mol. The van der Waals surface area contributed by atoms with Gasteiger partial charge in [0.05, 0.1) is 31.6 Å². The van der Waals surface area contributed by atoms with Crippen LogP contribution in [0.2, 0.25) is 5.02 Å². The second-order valence-electron chi connectivity index (χ2n) is 4.97. The van der Waals surface area contributed by atoms with Crippen LogP contribution in [-0.2, 0) is 0 Å². The van der Waals surface area contributed by atoms with Gasteiger partial charge in [-0.2, -0.15) is 5.10 Å². The van der Waals surface area contributed by atoms with Crippen LogP contribution in [0.3, 0.4) is 0 Å². The molecule has 0 spiro atoms. The van der Waals surface area contributed by atoms with E-state index in [2.05, 4.69) is 15.5 Å². The Morgan fingerprint density at radius 2 is 2.00 bits per heavy atom. The number of ether oxygens (including phenoxy) is 2. The summed E-state index contributed by atoms with van der Waals surface area (Å²) >= 11 is 6.00. The van der Waals surface area contributed by atoms with Gasteiger partial charge in [0.25, 0.3) is 0 Å². The van der Waals surface area contributed by atoms with Crippen LogP contribution < -0.4 is 14.9 Å². The molecule has 0 aliphatic carbocycles. The number of aromatic nitrogens is 1. The second-order valence-corrected chi connectivity index (χ2v) is 5.41. The minimum atomic E-state index is 0.636. The van der Waals surface area contributed by atoms with Crippen molar-refractivity contribution in [3.8, 4) is 11.5 Å². The summed E-state index contributed by atoms with van der Waals surface area (Å²) in [5, 5.41) is 5.89. The Morgan fingerprint density at radius 3 is 2.79 bits per heavy atom. The highest BCUT2D eigenvalue weighted by Crippen LogP contribution is 2.29. The lowest BCUT2D eigenvalue weighted by Crippen LogP contribution is -1.97. The molecule has 0 fully saturated rings. The number of para-hydroxylation sites is 1. The number of anilines is 1. The van der Waals surface area contributed by atoms with E-state index in [-0.39, 0.29) is 0 Å². The van der Waals surface area contributed by atoms with Crippen LogP contribution in [0.4, 0.5) is 5.69 Å². The number of methoxy groups -OCH3 is 2. The minimum absolute atomic E-state index is 0.636. The molecule has 3 rings (SSSR count). The van der Waals surface area contributed by atoms with Crippen LogP contribution in [0.25, 0.3) is 10.9 Å². The van der Waals surface area contributed by atoms with Gasteiger partial charge < -0.3 is 9.47 Å². The third kappa shape index (κ3) is 3.26. The largest absolute Gasteiger partial charge is 0.493 e. The normalized spacial score (nSPS) is 11.0. The molecule has 0 radical (unpaired) electrons. The number of nitrogens with one attached hydrogen (secondary N) is 1. The number of hydrogen-bond donors (Lipinski definition) is 1. The lowest BCUT2D eigenvalue weighted by atomic mass is 10.2. The van der Waals surface area contributed by atoms with E-state index in [1.54, 1.807) is 26.6 Å². The highest BCUT2D eigenvalue weighted by atomic mass is 35.5. The van der Waals surface area contributed by atoms with Crippen LogP contribution in [0.1, 0.15) is 5.56 Å². The third-order valence-electron chi connectivity index (χ3n) is 3.53. The molecule has 1 N–H and O–H groups in total. The SMILES string of the molecule is COc1cccc(/C=N\Nc2ccnc3cc(Cl)ccc23)c1OC. The summed E-state index contributed by atoms with van der Waals surface area (Å²) in [7, 11) is 3.20. The highest BCUT2D eigenvalue weighted by Gasteiger charge is 2.07. The van der Waals surface area contributed by atoms with Gasteiger partial charge >= 0.3 is 0 Å². The van der Waals surface area contributed by atoms with Crippen LogP contribution in [0, 0.1) is 0 Å². The maximum Gasteiger partial charge on any atom is 0.169 e. The Labute approximate surface area is 144 Å². The molecule has 0 atom stereocenters. The fourth-order valence-corrected chi connectivity index (χ4v) is 2.57. The summed E-state index contributed by atoms with van der Waals surface area (Å²) in [6, 6.07) is 13.0. The smallest absolute Gasteiger partial charge is 0.169 e. The van der Waals surface area contributed by atoms with Gasteiger partial charge in [-0.1, -0.05) is 17.7 Å². The average Bonchev–Trinajstić information content (AvgIpc) is 2.61. The number of benzene rings is 2. The zero-order chi connectivity index (χ0) is 16.9. The Kier molecular flexibility index (Phi) is 4.82. The molecule has 0 aliphatic rings. The average molecular weight is 342 g/mol. The summed E-state index contributed by atoms with van der Waals surface area (Å²) in [5.74, 6) is 1.29. The molecule has 1 heterocycles. The lowest BCUT2D eigenvalue weighted by molar-refractivity contribution is 0.354. The van der Waals surface area contributed by atoms with E-state index in [9.17, 15) is 0 Å². The first-order valence-electron chi connectivity index (χ1n) is 7.27. The first-order valence-corrected chi connectivity index (χ1v) is 7.65. The molecule has 5 nitrogen and oxygen atoms in total. The van der Waals surface area contributed by atoms with Gasteiger partial charge in [-0.15, -0.1) is 0 Å². The Hall–Kier alpha value is -2.79. The van der Waals surface area contributed by atoms with Crippen molar-refractivity contribution in [3.05, 3.63) is 59.2 Å². The molecule has 0 saturated carbocycles. The van der Waals surface area contributed by atoms with Crippen molar-refractivity contribution in [3.63, 3.8) is 0 Å². The van der Waals surface area contributed by atoms with E-state index in [4.69, 9.17) is 21.1 Å². The molecule has 24 heavy (non-hydrogen) atoms. The summed E-state index contributed by atoms with van der Waals surface area (Å²) in [6.45, 7) is 0. The number of hydrogen-bond acceptors (Lipinski definition) is 5.